The van der Waals surface area contributed by atoms with Crippen LogP contribution in [0.5, 0.6) is 0 Å². The molecule has 0 bridgehead atoms. The molecule has 4 nitrogen and oxygen atoms in total. The lowest BCUT2D eigenvalue weighted by Crippen LogP contribution is -2.53. The number of hydrogen-bond donors (Lipinski definition) is 1. The fourth-order valence-corrected chi connectivity index (χ4v) is 3.22. The summed E-state index contributed by atoms with van der Waals surface area (Å²) in [4.78, 5) is 24.9. The Labute approximate surface area is 127 Å². The third kappa shape index (κ3) is 2.58. The highest BCUT2D eigenvalue weighted by molar-refractivity contribution is 6.01. The monoisotopic (exact) mass is 308 g/mol. The Kier molecular flexibility index (Phi) is 3.42. The predicted molar refractivity (Wildman–Crippen MR) is 77.5 cm³/mol. The SMILES string of the molecule is CC1(C)CN(c2cc(F)c(C3CCC(=O)NC3=O)c(F)c2)C1. The van der Waals surface area contributed by atoms with Gasteiger partial charge in [0.05, 0.1) is 5.92 Å². The summed E-state index contributed by atoms with van der Waals surface area (Å²) in [5.74, 6) is -3.43. The minimum atomic E-state index is -0.945. The number of nitrogens with zero attached hydrogens (tertiary/aromatic N) is 1. The van der Waals surface area contributed by atoms with Crippen molar-refractivity contribution >= 4 is 17.5 Å². The quantitative estimate of drug-likeness (QED) is 0.853. The van der Waals surface area contributed by atoms with E-state index in [1.807, 2.05) is 4.90 Å². The molecule has 0 aliphatic carbocycles. The molecule has 0 saturated carbocycles. The van der Waals surface area contributed by atoms with Crippen molar-refractivity contribution in [1.29, 1.82) is 0 Å². The first kappa shape index (κ1) is 14.9. The molecule has 2 saturated heterocycles. The first-order chi connectivity index (χ1) is 10.3. The lowest BCUT2D eigenvalue weighted by molar-refractivity contribution is -0.134. The molecule has 1 aromatic carbocycles. The first-order valence-corrected chi connectivity index (χ1v) is 7.34. The van der Waals surface area contributed by atoms with Crippen LogP contribution in [0, 0.1) is 17.0 Å². The number of piperidine rings is 1. The zero-order valence-corrected chi connectivity index (χ0v) is 12.6. The average Bonchev–Trinajstić information content (AvgIpc) is 2.37. The zero-order chi connectivity index (χ0) is 16.1. The van der Waals surface area contributed by atoms with Gasteiger partial charge in [-0.2, -0.15) is 0 Å². The summed E-state index contributed by atoms with van der Waals surface area (Å²) in [5.41, 5.74) is 0.397. The van der Waals surface area contributed by atoms with Gasteiger partial charge in [0.15, 0.2) is 0 Å². The van der Waals surface area contributed by atoms with Gasteiger partial charge in [-0.15, -0.1) is 0 Å². The summed E-state index contributed by atoms with van der Waals surface area (Å²) in [7, 11) is 0. The molecule has 2 fully saturated rings. The van der Waals surface area contributed by atoms with Gasteiger partial charge in [0.25, 0.3) is 0 Å². The van der Waals surface area contributed by atoms with Gasteiger partial charge >= 0.3 is 0 Å². The fourth-order valence-electron chi connectivity index (χ4n) is 3.22. The highest BCUT2D eigenvalue weighted by Gasteiger charge is 2.36. The minimum absolute atomic E-state index is 0.0946. The molecule has 0 radical (unpaired) electrons. The van der Waals surface area contributed by atoms with Crippen molar-refractivity contribution in [3.05, 3.63) is 29.3 Å². The summed E-state index contributed by atoms with van der Waals surface area (Å²) in [6.07, 6.45) is 0.228. The number of anilines is 1. The molecule has 3 rings (SSSR count). The van der Waals surface area contributed by atoms with Crippen molar-refractivity contribution < 1.29 is 18.4 Å². The molecular formula is C16H18F2N2O2. The van der Waals surface area contributed by atoms with Crippen molar-refractivity contribution in [2.45, 2.75) is 32.6 Å². The second-order valence-corrected chi connectivity index (χ2v) is 6.85. The van der Waals surface area contributed by atoms with E-state index >= 15 is 0 Å². The van der Waals surface area contributed by atoms with E-state index in [9.17, 15) is 18.4 Å². The highest BCUT2D eigenvalue weighted by atomic mass is 19.1. The van der Waals surface area contributed by atoms with E-state index < -0.39 is 29.4 Å². The molecule has 1 atom stereocenters. The van der Waals surface area contributed by atoms with Gasteiger partial charge < -0.3 is 4.90 Å². The molecule has 118 valence electrons. The standard InChI is InChI=1S/C16H18F2N2O2/c1-16(2)7-20(8-16)9-5-11(17)14(12(18)6-9)10-3-4-13(21)19-15(10)22/h5-6,10H,3-4,7-8H2,1-2H3,(H,19,21,22). The second kappa shape index (κ2) is 5.04. The smallest absolute Gasteiger partial charge is 0.234 e. The van der Waals surface area contributed by atoms with Gasteiger partial charge in [-0.1, -0.05) is 13.8 Å². The van der Waals surface area contributed by atoms with Crippen LogP contribution in [0.4, 0.5) is 14.5 Å². The van der Waals surface area contributed by atoms with Crippen LogP contribution >= 0.6 is 0 Å². The maximum atomic E-state index is 14.3. The normalized spacial score (nSPS) is 24.0. The first-order valence-electron chi connectivity index (χ1n) is 7.34. The summed E-state index contributed by atoms with van der Waals surface area (Å²) < 4.78 is 28.7. The van der Waals surface area contributed by atoms with Crippen LogP contribution < -0.4 is 10.2 Å². The van der Waals surface area contributed by atoms with Gasteiger partial charge in [-0.25, -0.2) is 8.78 Å². The molecular weight excluding hydrogens is 290 g/mol. The summed E-state index contributed by atoms with van der Waals surface area (Å²) >= 11 is 0. The van der Waals surface area contributed by atoms with Crippen LogP contribution in [-0.2, 0) is 9.59 Å². The largest absolute Gasteiger partial charge is 0.370 e. The number of benzene rings is 1. The predicted octanol–water partition coefficient (Wildman–Crippen LogP) is 2.33. The van der Waals surface area contributed by atoms with Crippen molar-refractivity contribution in [1.82, 2.24) is 5.32 Å². The molecule has 2 aliphatic rings. The van der Waals surface area contributed by atoms with E-state index in [4.69, 9.17) is 0 Å². The third-order valence-electron chi connectivity index (χ3n) is 4.25. The maximum absolute atomic E-state index is 14.3. The molecule has 2 amide bonds. The molecule has 2 heterocycles. The number of rotatable bonds is 2. The Morgan fingerprint density at radius 1 is 1.18 bits per heavy atom. The summed E-state index contributed by atoms with van der Waals surface area (Å²) in [5, 5.41) is 2.13. The molecule has 6 heteroatoms. The Balaban J connectivity index is 1.87. The number of hydrogen-bond acceptors (Lipinski definition) is 3. The molecule has 1 aromatic rings. The number of nitrogens with one attached hydrogen (secondary N) is 1. The van der Waals surface area contributed by atoms with Gasteiger partial charge in [-0.05, 0) is 24.0 Å². The number of imide groups is 1. The van der Waals surface area contributed by atoms with Crippen LogP contribution in [0.2, 0.25) is 0 Å². The van der Waals surface area contributed by atoms with Gasteiger partial charge in [-0.3, -0.25) is 14.9 Å². The topological polar surface area (TPSA) is 49.4 Å². The van der Waals surface area contributed by atoms with Gasteiger partial charge in [0.2, 0.25) is 11.8 Å². The molecule has 0 aromatic heterocycles. The molecule has 1 unspecified atom stereocenters. The summed E-state index contributed by atoms with van der Waals surface area (Å²) in [6, 6.07) is 2.55. The van der Waals surface area contributed by atoms with Crippen molar-refractivity contribution in [3.63, 3.8) is 0 Å². The van der Waals surface area contributed by atoms with Crippen molar-refractivity contribution in [3.8, 4) is 0 Å². The van der Waals surface area contributed by atoms with Crippen LogP contribution in [-0.4, -0.2) is 24.9 Å². The lowest BCUT2D eigenvalue weighted by atomic mass is 9.83. The van der Waals surface area contributed by atoms with Crippen LogP contribution in [0.25, 0.3) is 0 Å². The Bertz CT molecular complexity index is 627. The highest BCUT2D eigenvalue weighted by Crippen LogP contribution is 2.37. The van der Waals surface area contributed by atoms with Crippen molar-refractivity contribution in [2.75, 3.05) is 18.0 Å². The van der Waals surface area contributed by atoms with E-state index in [0.29, 0.717) is 5.69 Å². The molecule has 22 heavy (non-hydrogen) atoms. The van der Waals surface area contributed by atoms with E-state index in [2.05, 4.69) is 19.2 Å². The fraction of sp³-hybridized carbons (Fsp3) is 0.500. The Hall–Kier alpha value is -1.98. The summed E-state index contributed by atoms with van der Waals surface area (Å²) in [6.45, 7) is 5.66. The third-order valence-corrected chi connectivity index (χ3v) is 4.25. The van der Waals surface area contributed by atoms with E-state index in [1.165, 1.54) is 12.1 Å². The average molecular weight is 308 g/mol. The van der Waals surface area contributed by atoms with E-state index in [1.54, 1.807) is 0 Å². The Morgan fingerprint density at radius 3 is 2.27 bits per heavy atom. The molecule has 0 spiro atoms. The van der Waals surface area contributed by atoms with E-state index in [0.717, 1.165) is 13.1 Å². The van der Waals surface area contributed by atoms with Crippen molar-refractivity contribution in [2.24, 2.45) is 5.41 Å². The van der Waals surface area contributed by atoms with Gasteiger partial charge in [0.1, 0.15) is 11.6 Å². The van der Waals surface area contributed by atoms with Gasteiger partial charge in [0, 0.05) is 30.8 Å². The lowest BCUT2D eigenvalue weighted by Gasteiger charge is -2.47. The number of amides is 2. The van der Waals surface area contributed by atoms with Crippen LogP contribution in [0.15, 0.2) is 12.1 Å². The Morgan fingerprint density at radius 2 is 1.77 bits per heavy atom. The maximum Gasteiger partial charge on any atom is 0.234 e. The minimum Gasteiger partial charge on any atom is -0.370 e. The second-order valence-electron chi connectivity index (χ2n) is 6.85. The number of halogens is 2. The number of carbonyl (C=O) groups excluding carboxylic acids is 2. The van der Waals surface area contributed by atoms with Crippen LogP contribution in [0.1, 0.15) is 38.2 Å². The molecule has 1 N–H and O–H groups in total. The van der Waals surface area contributed by atoms with E-state index in [-0.39, 0.29) is 23.8 Å². The van der Waals surface area contributed by atoms with Crippen LogP contribution in [0.3, 0.4) is 0 Å². The molecule has 2 aliphatic heterocycles. The number of carbonyl (C=O) groups is 2. The zero-order valence-electron chi connectivity index (χ0n) is 12.6.